The molecule has 146 valence electrons. The van der Waals surface area contributed by atoms with Crippen molar-refractivity contribution >= 4 is 40.2 Å². The number of hydrogen-bond acceptors (Lipinski definition) is 6. The van der Waals surface area contributed by atoms with Gasteiger partial charge < -0.3 is 4.90 Å². The molecule has 0 radical (unpaired) electrons. The van der Waals surface area contributed by atoms with Crippen LogP contribution in [0.4, 0.5) is 0 Å². The third-order valence-corrected chi connectivity index (χ3v) is 7.95. The quantitative estimate of drug-likeness (QED) is 0.638. The third kappa shape index (κ3) is 3.49. The molecule has 9 heteroatoms. The molecule has 2 fully saturated rings. The van der Waals surface area contributed by atoms with Crippen LogP contribution in [-0.2, 0) is 0 Å². The number of nitrogens with zero attached hydrogens (tertiary/aromatic N) is 4. The summed E-state index contributed by atoms with van der Waals surface area (Å²) < 4.78 is 0.732. The van der Waals surface area contributed by atoms with Gasteiger partial charge in [-0.05, 0) is 44.7 Å². The fourth-order valence-electron chi connectivity index (χ4n) is 3.62. The highest BCUT2D eigenvalue weighted by atomic mass is 35.5. The Bertz CT molecular complexity index is 1010. The Balaban J connectivity index is 1.26. The van der Waals surface area contributed by atoms with Crippen LogP contribution in [0.5, 0.6) is 0 Å². The SMILES string of the molecule is Cc1nc(-c2ccc(Cl)s2)sc1C(=O)N1CCC(c2nc(C3CC3)n[nH]2)CC1. The highest BCUT2D eigenvalue weighted by Gasteiger charge is 2.31. The van der Waals surface area contributed by atoms with Gasteiger partial charge in [0.25, 0.3) is 5.91 Å². The average molecular weight is 434 g/mol. The molecule has 0 atom stereocenters. The van der Waals surface area contributed by atoms with Gasteiger partial charge in [-0.1, -0.05) is 11.6 Å². The van der Waals surface area contributed by atoms with Crippen LogP contribution in [0.2, 0.25) is 4.34 Å². The van der Waals surface area contributed by atoms with E-state index in [9.17, 15) is 4.79 Å². The van der Waals surface area contributed by atoms with Crippen LogP contribution < -0.4 is 0 Å². The highest BCUT2D eigenvalue weighted by molar-refractivity contribution is 7.24. The second-order valence-electron chi connectivity index (χ2n) is 7.46. The number of rotatable bonds is 4. The van der Waals surface area contributed by atoms with Crippen molar-refractivity contribution in [3.63, 3.8) is 0 Å². The second-order valence-corrected chi connectivity index (χ2v) is 10.2. The van der Waals surface area contributed by atoms with Crippen molar-refractivity contribution in [2.75, 3.05) is 13.1 Å². The van der Waals surface area contributed by atoms with Crippen LogP contribution >= 0.6 is 34.3 Å². The number of carbonyl (C=O) groups is 1. The molecule has 0 unspecified atom stereocenters. The van der Waals surface area contributed by atoms with E-state index in [0.717, 1.165) is 62.4 Å². The van der Waals surface area contributed by atoms with E-state index in [1.54, 1.807) is 0 Å². The zero-order chi connectivity index (χ0) is 19.3. The number of halogens is 1. The number of aromatic nitrogens is 4. The number of thiazole rings is 1. The molecule has 6 nitrogen and oxygen atoms in total. The summed E-state index contributed by atoms with van der Waals surface area (Å²) in [5.41, 5.74) is 0.793. The molecule has 1 N–H and O–H groups in total. The summed E-state index contributed by atoms with van der Waals surface area (Å²) in [6.45, 7) is 3.38. The predicted molar refractivity (Wildman–Crippen MR) is 111 cm³/mol. The first-order valence-electron chi connectivity index (χ1n) is 9.53. The molecule has 0 spiro atoms. The lowest BCUT2D eigenvalue weighted by Gasteiger charge is -2.30. The van der Waals surface area contributed by atoms with Crippen molar-refractivity contribution < 1.29 is 4.79 Å². The van der Waals surface area contributed by atoms with Gasteiger partial charge in [0.15, 0.2) is 5.82 Å². The van der Waals surface area contributed by atoms with Gasteiger partial charge in [0.05, 0.1) is 14.9 Å². The summed E-state index contributed by atoms with van der Waals surface area (Å²) in [5.74, 6) is 2.96. The molecule has 1 amide bonds. The molecule has 28 heavy (non-hydrogen) atoms. The van der Waals surface area contributed by atoms with Crippen LogP contribution in [0.25, 0.3) is 9.88 Å². The summed E-state index contributed by atoms with van der Waals surface area (Å²) in [5, 5.41) is 8.35. The number of thiophene rings is 1. The van der Waals surface area contributed by atoms with Crippen LogP contribution in [0, 0.1) is 6.92 Å². The van der Waals surface area contributed by atoms with Gasteiger partial charge in [-0.25, -0.2) is 9.97 Å². The zero-order valence-electron chi connectivity index (χ0n) is 15.4. The summed E-state index contributed by atoms with van der Waals surface area (Å²) in [6, 6.07) is 3.82. The molecule has 5 rings (SSSR count). The van der Waals surface area contributed by atoms with Gasteiger partial charge in [0, 0.05) is 24.9 Å². The molecule has 2 aliphatic rings. The van der Waals surface area contributed by atoms with Gasteiger partial charge in [-0.15, -0.1) is 22.7 Å². The number of amides is 1. The van der Waals surface area contributed by atoms with Gasteiger partial charge in [-0.3, -0.25) is 9.89 Å². The smallest absolute Gasteiger partial charge is 0.265 e. The maximum absolute atomic E-state index is 13.1. The van der Waals surface area contributed by atoms with Crippen molar-refractivity contribution in [2.45, 2.75) is 44.4 Å². The van der Waals surface area contributed by atoms with E-state index in [1.165, 1.54) is 35.5 Å². The van der Waals surface area contributed by atoms with E-state index in [0.29, 0.717) is 11.8 Å². The third-order valence-electron chi connectivity index (χ3n) is 5.41. The topological polar surface area (TPSA) is 74.8 Å². The number of carbonyl (C=O) groups excluding carboxylic acids is 1. The number of H-pyrrole nitrogens is 1. The average Bonchev–Trinajstić information content (AvgIpc) is 3.10. The normalized spacial score (nSPS) is 18.0. The van der Waals surface area contributed by atoms with Gasteiger partial charge >= 0.3 is 0 Å². The van der Waals surface area contributed by atoms with Crippen LogP contribution in [-0.4, -0.2) is 44.1 Å². The number of piperidine rings is 1. The maximum atomic E-state index is 13.1. The Kier molecular flexibility index (Phi) is 4.72. The molecule has 1 saturated carbocycles. The first-order valence-corrected chi connectivity index (χ1v) is 11.5. The van der Waals surface area contributed by atoms with Crippen LogP contribution in [0.3, 0.4) is 0 Å². The number of aromatic amines is 1. The van der Waals surface area contributed by atoms with Crippen molar-refractivity contribution in [2.24, 2.45) is 0 Å². The van der Waals surface area contributed by atoms with Gasteiger partial charge in [0.1, 0.15) is 15.7 Å². The van der Waals surface area contributed by atoms with Gasteiger partial charge in [0.2, 0.25) is 0 Å². The summed E-state index contributed by atoms with van der Waals surface area (Å²) in [6.07, 6.45) is 4.24. The lowest BCUT2D eigenvalue weighted by atomic mass is 9.96. The molecule has 3 aromatic rings. The van der Waals surface area contributed by atoms with Crippen LogP contribution in [0.1, 0.15) is 64.5 Å². The molecule has 1 aliphatic heterocycles. The summed E-state index contributed by atoms with van der Waals surface area (Å²) in [7, 11) is 0. The minimum absolute atomic E-state index is 0.0820. The highest BCUT2D eigenvalue weighted by Crippen LogP contribution is 2.39. The number of nitrogens with one attached hydrogen (secondary N) is 1. The van der Waals surface area contributed by atoms with Crippen molar-refractivity contribution in [3.05, 3.63) is 38.7 Å². The number of likely N-dealkylation sites (tertiary alicyclic amines) is 1. The lowest BCUT2D eigenvalue weighted by molar-refractivity contribution is 0.0715. The molecule has 1 saturated heterocycles. The van der Waals surface area contributed by atoms with Crippen molar-refractivity contribution in [1.82, 2.24) is 25.1 Å². The first-order chi connectivity index (χ1) is 13.6. The zero-order valence-corrected chi connectivity index (χ0v) is 17.8. The molecular formula is C19H20ClN5OS2. The van der Waals surface area contributed by atoms with Crippen molar-refractivity contribution in [3.8, 4) is 9.88 Å². The molecule has 3 aromatic heterocycles. The lowest BCUT2D eigenvalue weighted by Crippen LogP contribution is -2.38. The predicted octanol–water partition coefficient (Wildman–Crippen LogP) is 4.85. The van der Waals surface area contributed by atoms with Crippen LogP contribution in [0.15, 0.2) is 12.1 Å². The minimum atomic E-state index is 0.0820. The summed E-state index contributed by atoms with van der Waals surface area (Å²) >= 11 is 8.98. The monoisotopic (exact) mass is 433 g/mol. The van der Waals surface area contributed by atoms with E-state index in [2.05, 4.69) is 20.2 Å². The van der Waals surface area contributed by atoms with Crippen molar-refractivity contribution in [1.29, 1.82) is 0 Å². The Morgan fingerprint density at radius 2 is 1.93 bits per heavy atom. The Morgan fingerprint density at radius 3 is 2.61 bits per heavy atom. The summed E-state index contributed by atoms with van der Waals surface area (Å²) in [4.78, 5) is 26.0. The van der Waals surface area contributed by atoms with Gasteiger partial charge in [-0.2, -0.15) is 5.10 Å². The Labute approximate surface area is 176 Å². The Morgan fingerprint density at radius 1 is 1.14 bits per heavy atom. The van der Waals surface area contributed by atoms with E-state index in [-0.39, 0.29) is 5.91 Å². The number of hydrogen-bond donors (Lipinski definition) is 1. The largest absolute Gasteiger partial charge is 0.338 e. The fraction of sp³-hybridized carbons (Fsp3) is 0.474. The Hall–Kier alpha value is -1.77. The molecular weight excluding hydrogens is 414 g/mol. The first kappa shape index (κ1) is 18.3. The molecule has 1 aliphatic carbocycles. The molecule has 4 heterocycles. The number of aryl methyl sites for hydroxylation is 1. The van der Waals surface area contributed by atoms with E-state index >= 15 is 0 Å². The standard InChI is InChI=1S/C19H20ClN5OS2/c1-10-15(28-18(21-10)13-4-5-14(20)27-13)19(26)25-8-6-12(7-9-25)17-22-16(23-24-17)11-2-3-11/h4-5,11-12H,2-3,6-9H2,1H3,(H,22,23,24). The second kappa shape index (κ2) is 7.24. The maximum Gasteiger partial charge on any atom is 0.265 e. The fourth-order valence-corrected chi connectivity index (χ4v) is 5.76. The minimum Gasteiger partial charge on any atom is -0.338 e. The van der Waals surface area contributed by atoms with E-state index in [1.807, 2.05) is 24.0 Å². The molecule has 0 aromatic carbocycles. The van der Waals surface area contributed by atoms with E-state index < -0.39 is 0 Å². The molecule has 0 bridgehead atoms. The van der Waals surface area contributed by atoms with E-state index in [4.69, 9.17) is 11.6 Å².